The number of rotatable bonds is 9. The summed E-state index contributed by atoms with van der Waals surface area (Å²) in [7, 11) is 1.58. The summed E-state index contributed by atoms with van der Waals surface area (Å²) in [5, 5.41) is 24.0. The number of ether oxygens (including phenoxy) is 2. The normalized spacial score (nSPS) is 31.8. The van der Waals surface area contributed by atoms with Crippen molar-refractivity contribution >= 4 is 17.7 Å². The van der Waals surface area contributed by atoms with E-state index in [1.807, 2.05) is 46.8 Å². The number of carbonyl (C=O) groups excluding carboxylic acids is 3. The molecule has 0 spiro atoms. The van der Waals surface area contributed by atoms with Gasteiger partial charge in [0.1, 0.15) is 0 Å². The number of benzene rings is 2. The number of esters is 1. The molecule has 300 valence electrons. The average Bonchev–Trinajstić information content (AvgIpc) is 3.57. The van der Waals surface area contributed by atoms with Gasteiger partial charge in [-0.1, -0.05) is 56.7 Å². The summed E-state index contributed by atoms with van der Waals surface area (Å²) >= 11 is 0. The van der Waals surface area contributed by atoms with E-state index < -0.39 is 57.0 Å². The van der Waals surface area contributed by atoms with Gasteiger partial charge in [-0.2, -0.15) is 13.2 Å². The molecule has 2 aromatic carbocycles. The van der Waals surface area contributed by atoms with Gasteiger partial charge >= 0.3 is 12.1 Å². The molecule has 1 saturated heterocycles. The quantitative estimate of drug-likeness (QED) is 0.115. The van der Waals surface area contributed by atoms with Gasteiger partial charge in [-0.3, -0.25) is 14.4 Å². The van der Waals surface area contributed by atoms with Crippen molar-refractivity contribution in [1.82, 2.24) is 4.90 Å². The number of ketones is 1. The number of amides is 1. The summed E-state index contributed by atoms with van der Waals surface area (Å²) in [6, 6.07) is 9.82. The van der Waals surface area contributed by atoms with Crippen LogP contribution in [0.4, 0.5) is 13.2 Å². The zero-order chi connectivity index (χ0) is 40.2. The van der Waals surface area contributed by atoms with Crippen LogP contribution in [-0.4, -0.2) is 76.9 Å². The van der Waals surface area contributed by atoms with Gasteiger partial charge < -0.3 is 24.6 Å². The highest BCUT2D eigenvalue weighted by Gasteiger charge is 2.76. The highest BCUT2D eigenvalue weighted by Crippen LogP contribution is 2.66. The van der Waals surface area contributed by atoms with Gasteiger partial charge in [-0.05, 0) is 113 Å². The topological polar surface area (TPSA) is 113 Å². The molecule has 0 aromatic heterocycles. The van der Waals surface area contributed by atoms with Crippen molar-refractivity contribution in [3.05, 3.63) is 81.9 Å². The van der Waals surface area contributed by atoms with Gasteiger partial charge in [-0.25, -0.2) is 0 Å². The Labute approximate surface area is 322 Å². The van der Waals surface area contributed by atoms with E-state index in [0.717, 1.165) is 17.7 Å². The number of halogens is 3. The zero-order valence-corrected chi connectivity index (χ0v) is 33.0. The average molecular weight is 768 g/mol. The predicted molar refractivity (Wildman–Crippen MR) is 201 cm³/mol. The molecule has 0 unspecified atom stereocenters. The molecule has 6 atom stereocenters. The van der Waals surface area contributed by atoms with Crippen LogP contribution in [0.3, 0.4) is 0 Å². The molecule has 0 radical (unpaired) electrons. The first-order valence-corrected chi connectivity index (χ1v) is 19.7. The fourth-order valence-electron chi connectivity index (χ4n) is 10.1. The first kappa shape index (κ1) is 41.1. The van der Waals surface area contributed by atoms with Gasteiger partial charge in [0, 0.05) is 42.2 Å². The predicted octanol–water partition coefficient (Wildman–Crippen LogP) is 7.96. The molecule has 1 aliphatic heterocycles. The van der Waals surface area contributed by atoms with Crippen molar-refractivity contribution < 1.29 is 47.2 Å². The van der Waals surface area contributed by atoms with Crippen molar-refractivity contribution in [3.63, 3.8) is 0 Å². The number of fused-ring (bicyclic) bond motifs is 10. The Hall–Kier alpha value is -3.54. The standard InChI is InChI=1S/C44H56F3NO7/c1-28-10-8-18-40(4)35(33-16-14-29(24-32(49)15-13-28)25-34(33)36(50)30-11-7-12-31(26-30)44(45,46)47)17-19-42(40,53)27-48(22-9-23-54-6)37(51)43-21-20-41(5,38(52)55-43)39(43,2)3/h7,10-12,14,16,25-26,32,35,49,53H,8-9,13,15,17-24,27H2,1-6H3/t32-,35-,40-,41-,42+,43+/m0/s1. The highest BCUT2D eigenvalue weighted by atomic mass is 19.4. The number of aliphatic hydroxyl groups is 2. The molecular formula is C44H56F3NO7. The summed E-state index contributed by atoms with van der Waals surface area (Å²) in [4.78, 5) is 44.2. The van der Waals surface area contributed by atoms with Crippen LogP contribution >= 0.6 is 0 Å². The second-order valence-corrected chi connectivity index (χ2v) is 17.6. The first-order chi connectivity index (χ1) is 25.7. The number of aliphatic hydroxyl groups excluding tert-OH is 1. The second-order valence-electron chi connectivity index (χ2n) is 17.6. The molecule has 3 fully saturated rings. The Balaban J connectivity index is 1.44. The van der Waals surface area contributed by atoms with Crippen molar-refractivity contribution in [1.29, 1.82) is 0 Å². The van der Waals surface area contributed by atoms with Crippen LogP contribution in [0.15, 0.2) is 54.1 Å². The molecule has 2 aromatic rings. The van der Waals surface area contributed by atoms with Crippen molar-refractivity contribution in [2.45, 2.75) is 128 Å². The third-order valence-corrected chi connectivity index (χ3v) is 14.3. The summed E-state index contributed by atoms with van der Waals surface area (Å²) in [6.07, 6.45) is 1.40. The Morgan fingerprint density at radius 2 is 1.76 bits per heavy atom. The van der Waals surface area contributed by atoms with E-state index in [2.05, 4.69) is 6.08 Å². The molecule has 7 rings (SSSR count). The van der Waals surface area contributed by atoms with Gasteiger partial charge in [-0.15, -0.1) is 0 Å². The van der Waals surface area contributed by atoms with Gasteiger partial charge in [0.2, 0.25) is 0 Å². The highest BCUT2D eigenvalue weighted by molar-refractivity contribution is 6.10. The molecule has 4 bridgehead atoms. The largest absolute Gasteiger partial charge is 0.448 e. The number of methoxy groups -OCH3 is 1. The maximum atomic E-state index is 14.9. The molecule has 11 heteroatoms. The van der Waals surface area contributed by atoms with Crippen LogP contribution in [0.1, 0.15) is 131 Å². The number of hydrogen-bond donors (Lipinski definition) is 2. The lowest BCUT2D eigenvalue weighted by molar-refractivity contribution is -0.177. The molecule has 4 aliphatic carbocycles. The third kappa shape index (κ3) is 6.96. The number of alkyl halides is 3. The fourth-order valence-corrected chi connectivity index (χ4v) is 10.1. The maximum absolute atomic E-state index is 14.9. The van der Waals surface area contributed by atoms with Crippen LogP contribution in [0.5, 0.6) is 0 Å². The summed E-state index contributed by atoms with van der Waals surface area (Å²) < 4.78 is 52.8. The Morgan fingerprint density at radius 3 is 2.42 bits per heavy atom. The molecular weight excluding hydrogens is 711 g/mol. The van der Waals surface area contributed by atoms with E-state index in [1.165, 1.54) is 12.1 Å². The lowest BCUT2D eigenvalue weighted by atomic mass is 9.64. The fraction of sp³-hybridized carbons (Fsp3) is 0.614. The number of allylic oxidation sites excluding steroid dienone is 2. The van der Waals surface area contributed by atoms with Gasteiger partial charge in [0.25, 0.3) is 5.91 Å². The molecule has 1 heterocycles. The maximum Gasteiger partial charge on any atom is 0.416 e. The van der Waals surface area contributed by atoms with E-state index in [1.54, 1.807) is 18.1 Å². The monoisotopic (exact) mass is 767 g/mol. The Bertz CT molecular complexity index is 1860. The minimum absolute atomic E-state index is 0.0431. The Morgan fingerprint density at radius 1 is 1.02 bits per heavy atom. The second kappa shape index (κ2) is 14.8. The van der Waals surface area contributed by atoms with E-state index >= 15 is 0 Å². The van der Waals surface area contributed by atoms with Crippen LogP contribution in [0.2, 0.25) is 0 Å². The minimum atomic E-state index is -4.64. The van der Waals surface area contributed by atoms with Crippen LogP contribution < -0.4 is 0 Å². The van der Waals surface area contributed by atoms with Crippen molar-refractivity contribution in [2.75, 3.05) is 26.8 Å². The SMILES string of the molecule is COCCCN(C[C@]1(O)CC[C@H]2c3ccc(cc3C(=O)c3cccc(C(F)(F)F)c3)C[C@@H](O)CCC(C)=CCC[C@@]21C)C(=O)[C@@]12CC[C@@](C)(C(=O)O1)C2(C)C. The lowest BCUT2D eigenvalue weighted by Gasteiger charge is -2.47. The van der Waals surface area contributed by atoms with Crippen LogP contribution in [0.25, 0.3) is 0 Å². The molecule has 2 N–H and O–H groups in total. The molecule has 5 aliphatic rings. The molecule has 55 heavy (non-hydrogen) atoms. The Kier molecular flexibility index (Phi) is 11.0. The van der Waals surface area contributed by atoms with E-state index in [0.29, 0.717) is 69.1 Å². The zero-order valence-electron chi connectivity index (χ0n) is 33.0. The summed E-state index contributed by atoms with van der Waals surface area (Å²) in [5.74, 6) is -1.70. The lowest BCUT2D eigenvalue weighted by Crippen LogP contribution is -2.60. The number of hydrogen-bond acceptors (Lipinski definition) is 7. The smallest absolute Gasteiger partial charge is 0.416 e. The first-order valence-electron chi connectivity index (χ1n) is 19.7. The van der Waals surface area contributed by atoms with Gasteiger partial charge in [0.05, 0.1) is 29.2 Å². The van der Waals surface area contributed by atoms with Crippen LogP contribution in [-0.2, 0) is 31.7 Å². The number of nitrogens with zero attached hydrogens (tertiary/aromatic N) is 1. The van der Waals surface area contributed by atoms with Crippen LogP contribution in [0, 0.1) is 16.2 Å². The third-order valence-electron chi connectivity index (χ3n) is 14.3. The summed E-state index contributed by atoms with van der Waals surface area (Å²) in [6.45, 7) is 10.3. The minimum Gasteiger partial charge on any atom is -0.448 e. The summed E-state index contributed by atoms with van der Waals surface area (Å²) in [5.41, 5.74) is -3.74. The van der Waals surface area contributed by atoms with Crippen molar-refractivity contribution in [2.24, 2.45) is 16.2 Å². The molecule has 8 nitrogen and oxygen atoms in total. The van der Waals surface area contributed by atoms with E-state index in [4.69, 9.17) is 9.47 Å². The van der Waals surface area contributed by atoms with Gasteiger partial charge in [0.15, 0.2) is 11.4 Å². The number of carbonyl (C=O) groups is 3. The molecule has 1 amide bonds. The van der Waals surface area contributed by atoms with Crippen molar-refractivity contribution in [3.8, 4) is 0 Å². The van der Waals surface area contributed by atoms with E-state index in [9.17, 15) is 37.8 Å². The molecule has 2 saturated carbocycles. The van der Waals surface area contributed by atoms with E-state index in [-0.39, 0.29) is 48.9 Å².